The molecule has 1 amide bonds. The van der Waals surface area contributed by atoms with E-state index in [4.69, 9.17) is 5.73 Å². The van der Waals surface area contributed by atoms with Gasteiger partial charge >= 0.3 is 0 Å². The average Bonchev–Trinajstić information content (AvgIpc) is 2.87. The van der Waals surface area contributed by atoms with Gasteiger partial charge in [-0.1, -0.05) is 6.92 Å². The number of carbonyl (C=O) groups is 1. The van der Waals surface area contributed by atoms with Gasteiger partial charge in [-0.15, -0.1) is 0 Å². The summed E-state index contributed by atoms with van der Waals surface area (Å²) in [5, 5.41) is 9.68. The van der Waals surface area contributed by atoms with Crippen LogP contribution in [0.4, 0.5) is 5.69 Å². The van der Waals surface area contributed by atoms with E-state index in [9.17, 15) is 9.90 Å². The van der Waals surface area contributed by atoms with E-state index in [0.29, 0.717) is 12.1 Å². The largest absolute Gasteiger partial charge is 0.387 e. The van der Waals surface area contributed by atoms with Crippen LogP contribution in [-0.4, -0.2) is 28.6 Å². The molecule has 98 valence electrons. The van der Waals surface area contributed by atoms with E-state index in [1.54, 1.807) is 12.3 Å². The number of hydrogen-bond donors (Lipinski definition) is 2. The molecular weight excluding hydrogens is 230 g/mol. The van der Waals surface area contributed by atoms with Crippen LogP contribution < -0.4 is 10.6 Å². The Bertz CT molecular complexity index is 419. The van der Waals surface area contributed by atoms with Gasteiger partial charge in [0.15, 0.2) is 0 Å². The summed E-state index contributed by atoms with van der Waals surface area (Å²) in [5.41, 5.74) is 6.94. The molecule has 0 radical (unpaired) electrons. The Morgan fingerprint density at radius 3 is 3.00 bits per heavy atom. The second-order valence-corrected chi connectivity index (χ2v) is 4.62. The number of aliphatic hydroxyl groups excluding tert-OH is 1. The van der Waals surface area contributed by atoms with E-state index < -0.39 is 6.10 Å². The first-order valence-corrected chi connectivity index (χ1v) is 6.33. The van der Waals surface area contributed by atoms with Crippen LogP contribution in [0.1, 0.15) is 38.0 Å². The van der Waals surface area contributed by atoms with Gasteiger partial charge in [0.05, 0.1) is 23.7 Å². The number of nitrogens with zero attached hydrogens (tertiary/aromatic N) is 2. The molecule has 1 aliphatic heterocycles. The molecule has 3 N–H and O–H groups in total. The Balaban J connectivity index is 2.16. The van der Waals surface area contributed by atoms with Crippen LogP contribution in [0, 0.1) is 0 Å². The van der Waals surface area contributed by atoms with Crippen LogP contribution in [0.3, 0.4) is 0 Å². The lowest BCUT2D eigenvalue weighted by Gasteiger charge is -2.24. The van der Waals surface area contributed by atoms with Crippen molar-refractivity contribution in [1.29, 1.82) is 0 Å². The van der Waals surface area contributed by atoms with E-state index in [0.717, 1.165) is 25.1 Å². The summed E-state index contributed by atoms with van der Waals surface area (Å²) < 4.78 is 0. The highest BCUT2D eigenvalue weighted by Gasteiger charge is 2.29. The van der Waals surface area contributed by atoms with Gasteiger partial charge in [-0.25, -0.2) is 0 Å². The normalized spacial score (nSPS) is 21.0. The fraction of sp³-hybridized carbons (Fsp3) is 0.538. The van der Waals surface area contributed by atoms with Crippen LogP contribution >= 0.6 is 0 Å². The van der Waals surface area contributed by atoms with Crippen molar-refractivity contribution in [3.05, 3.63) is 24.0 Å². The van der Waals surface area contributed by atoms with Gasteiger partial charge in [0.25, 0.3) is 0 Å². The summed E-state index contributed by atoms with van der Waals surface area (Å²) in [6, 6.07) is 3.47. The van der Waals surface area contributed by atoms with E-state index in [2.05, 4.69) is 4.98 Å². The van der Waals surface area contributed by atoms with Crippen molar-refractivity contribution in [2.24, 2.45) is 5.73 Å². The number of aliphatic hydroxyl groups is 1. The molecular formula is C13H19N3O2. The molecule has 2 heterocycles. The summed E-state index contributed by atoms with van der Waals surface area (Å²) in [7, 11) is 0. The number of nitrogens with two attached hydrogens (primary N) is 1. The Kier molecular flexibility index (Phi) is 3.81. The SMILES string of the molecule is CC[C@@H](O)c1ccc(N2CCCC2C(N)=O)cn1. The van der Waals surface area contributed by atoms with Crippen molar-refractivity contribution in [2.45, 2.75) is 38.3 Å². The molecule has 0 bridgehead atoms. The van der Waals surface area contributed by atoms with Crippen molar-refractivity contribution < 1.29 is 9.90 Å². The molecule has 1 aliphatic rings. The fourth-order valence-corrected chi connectivity index (χ4v) is 2.35. The zero-order valence-corrected chi connectivity index (χ0v) is 10.5. The molecule has 5 nitrogen and oxygen atoms in total. The molecule has 0 saturated carbocycles. The lowest BCUT2D eigenvalue weighted by atomic mass is 10.1. The van der Waals surface area contributed by atoms with Gasteiger partial charge in [0.1, 0.15) is 6.04 Å². The molecule has 0 aromatic carbocycles. The van der Waals surface area contributed by atoms with Gasteiger partial charge in [-0.2, -0.15) is 0 Å². The van der Waals surface area contributed by atoms with Crippen molar-refractivity contribution in [3.8, 4) is 0 Å². The first-order chi connectivity index (χ1) is 8.63. The standard InChI is InChI=1S/C13H19N3O2/c1-2-12(17)10-6-5-9(8-15-10)16-7-3-4-11(16)13(14)18/h5-6,8,11-12,17H,2-4,7H2,1H3,(H2,14,18)/t11?,12-/m1/s1. The van der Waals surface area contributed by atoms with Crippen LogP contribution in [-0.2, 0) is 4.79 Å². The predicted molar refractivity (Wildman–Crippen MR) is 69.1 cm³/mol. The summed E-state index contributed by atoms with van der Waals surface area (Å²) in [6.45, 7) is 2.73. The molecule has 1 aromatic heterocycles. The summed E-state index contributed by atoms with van der Waals surface area (Å²) >= 11 is 0. The first-order valence-electron chi connectivity index (χ1n) is 6.33. The first kappa shape index (κ1) is 12.8. The van der Waals surface area contributed by atoms with Gasteiger partial charge in [0.2, 0.25) is 5.91 Å². The van der Waals surface area contributed by atoms with E-state index in [1.807, 2.05) is 17.9 Å². The maximum Gasteiger partial charge on any atom is 0.240 e. The molecule has 0 aliphatic carbocycles. The average molecular weight is 249 g/mol. The van der Waals surface area contributed by atoms with Crippen molar-refractivity contribution in [3.63, 3.8) is 0 Å². The Labute approximate surface area is 107 Å². The molecule has 1 unspecified atom stereocenters. The molecule has 1 fully saturated rings. The number of primary amides is 1. The summed E-state index contributed by atoms with van der Waals surface area (Å²) in [4.78, 5) is 17.6. The number of carbonyl (C=O) groups excluding carboxylic acids is 1. The smallest absolute Gasteiger partial charge is 0.240 e. The van der Waals surface area contributed by atoms with E-state index in [-0.39, 0.29) is 11.9 Å². The minimum absolute atomic E-state index is 0.228. The third-order valence-electron chi connectivity index (χ3n) is 3.41. The van der Waals surface area contributed by atoms with Crippen LogP contribution in [0.15, 0.2) is 18.3 Å². The van der Waals surface area contributed by atoms with Gasteiger partial charge in [-0.05, 0) is 31.4 Å². The fourth-order valence-electron chi connectivity index (χ4n) is 2.35. The third-order valence-corrected chi connectivity index (χ3v) is 3.41. The second kappa shape index (κ2) is 5.35. The third kappa shape index (κ3) is 2.46. The number of anilines is 1. The molecule has 1 aromatic rings. The quantitative estimate of drug-likeness (QED) is 0.833. The number of hydrogen-bond acceptors (Lipinski definition) is 4. The van der Waals surface area contributed by atoms with Crippen molar-refractivity contribution in [2.75, 3.05) is 11.4 Å². The van der Waals surface area contributed by atoms with Crippen LogP contribution in [0.25, 0.3) is 0 Å². The second-order valence-electron chi connectivity index (χ2n) is 4.62. The highest BCUT2D eigenvalue weighted by Crippen LogP contribution is 2.25. The molecule has 2 atom stereocenters. The monoisotopic (exact) mass is 249 g/mol. The highest BCUT2D eigenvalue weighted by molar-refractivity contribution is 5.84. The number of amides is 1. The van der Waals surface area contributed by atoms with Gasteiger partial charge < -0.3 is 15.7 Å². The number of aromatic nitrogens is 1. The Morgan fingerprint density at radius 1 is 1.67 bits per heavy atom. The Morgan fingerprint density at radius 2 is 2.44 bits per heavy atom. The molecule has 5 heteroatoms. The summed E-state index contributed by atoms with van der Waals surface area (Å²) in [6.07, 6.45) is 3.58. The molecule has 18 heavy (non-hydrogen) atoms. The lowest BCUT2D eigenvalue weighted by molar-refractivity contribution is -0.119. The number of pyridine rings is 1. The zero-order chi connectivity index (χ0) is 13.1. The van der Waals surface area contributed by atoms with Crippen LogP contribution in [0.5, 0.6) is 0 Å². The van der Waals surface area contributed by atoms with E-state index in [1.165, 1.54) is 0 Å². The predicted octanol–water partition coefficient (Wildman–Crippen LogP) is 0.979. The maximum atomic E-state index is 11.3. The molecule has 0 spiro atoms. The minimum Gasteiger partial charge on any atom is -0.387 e. The van der Waals surface area contributed by atoms with Gasteiger partial charge in [-0.3, -0.25) is 9.78 Å². The minimum atomic E-state index is -0.524. The van der Waals surface area contributed by atoms with Gasteiger partial charge in [0, 0.05) is 6.54 Å². The van der Waals surface area contributed by atoms with Crippen molar-refractivity contribution >= 4 is 11.6 Å². The molecule has 2 rings (SSSR count). The lowest BCUT2D eigenvalue weighted by Crippen LogP contribution is -2.40. The Hall–Kier alpha value is -1.62. The summed E-state index contributed by atoms with van der Waals surface area (Å²) in [5.74, 6) is -0.287. The van der Waals surface area contributed by atoms with Crippen molar-refractivity contribution in [1.82, 2.24) is 4.98 Å². The highest BCUT2D eigenvalue weighted by atomic mass is 16.3. The van der Waals surface area contributed by atoms with Crippen LogP contribution in [0.2, 0.25) is 0 Å². The topological polar surface area (TPSA) is 79.5 Å². The maximum absolute atomic E-state index is 11.3. The zero-order valence-electron chi connectivity index (χ0n) is 10.5. The molecule has 1 saturated heterocycles. The van der Waals surface area contributed by atoms with E-state index >= 15 is 0 Å². The number of rotatable bonds is 4.